The molecule has 2 N–H and O–H groups in total. The Morgan fingerprint density at radius 1 is 1.00 bits per heavy atom. The van der Waals surface area contributed by atoms with Crippen LogP contribution in [0.15, 0.2) is 48.5 Å². The number of halogens is 2. The van der Waals surface area contributed by atoms with Gasteiger partial charge in [0.2, 0.25) is 5.91 Å². The van der Waals surface area contributed by atoms with E-state index in [1.54, 1.807) is 4.90 Å². The highest BCUT2D eigenvalue weighted by atomic mass is 19.2. The third-order valence-electron chi connectivity index (χ3n) is 6.51. The molecule has 0 saturated carbocycles. The quantitative estimate of drug-likeness (QED) is 0.648. The lowest BCUT2D eigenvalue weighted by atomic mass is 9.85. The Labute approximate surface area is 190 Å². The van der Waals surface area contributed by atoms with E-state index in [1.807, 2.05) is 35.2 Å². The van der Waals surface area contributed by atoms with Gasteiger partial charge in [0, 0.05) is 31.7 Å². The first-order chi connectivity index (χ1) is 15.8. The maximum absolute atomic E-state index is 14.1. The number of likely N-dealkylation sites (tertiary alicyclic amines) is 1. The molecule has 4 amide bonds. The van der Waals surface area contributed by atoms with E-state index in [-0.39, 0.29) is 12.1 Å². The van der Waals surface area contributed by atoms with Gasteiger partial charge in [-0.25, -0.2) is 13.6 Å². The standard InChI is InChI=1S/C24H26F2N4O3/c25-19-8-4-7-18(21(19)26)15-28-13-10-24(11-14-28)22(32)29(16-20(27)31)23(33)30(24)12-9-17-5-2-1-3-6-17/h1-8H,9-16H2,(H2,27,31). The van der Waals surface area contributed by atoms with Gasteiger partial charge >= 0.3 is 6.03 Å². The number of nitrogens with two attached hydrogens (primary N) is 1. The Morgan fingerprint density at radius 3 is 2.36 bits per heavy atom. The van der Waals surface area contributed by atoms with Gasteiger partial charge in [-0.15, -0.1) is 0 Å². The summed E-state index contributed by atoms with van der Waals surface area (Å²) in [5.41, 5.74) is 5.48. The molecule has 2 aromatic carbocycles. The van der Waals surface area contributed by atoms with Crippen LogP contribution < -0.4 is 5.73 Å². The zero-order valence-corrected chi connectivity index (χ0v) is 18.2. The maximum atomic E-state index is 14.1. The number of hydrogen-bond donors (Lipinski definition) is 1. The Balaban J connectivity index is 1.52. The summed E-state index contributed by atoms with van der Waals surface area (Å²) in [6, 6.07) is 13.2. The second-order valence-electron chi connectivity index (χ2n) is 8.55. The summed E-state index contributed by atoms with van der Waals surface area (Å²) in [6.07, 6.45) is 1.22. The van der Waals surface area contributed by atoms with E-state index in [9.17, 15) is 23.2 Å². The molecule has 1 spiro atoms. The van der Waals surface area contributed by atoms with Crippen molar-refractivity contribution in [2.45, 2.75) is 31.3 Å². The van der Waals surface area contributed by atoms with Gasteiger partial charge < -0.3 is 10.6 Å². The van der Waals surface area contributed by atoms with E-state index < -0.39 is 41.6 Å². The number of imide groups is 1. The fourth-order valence-corrected chi connectivity index (χ4v) is 4.75. The predicted molar refractivity (Wildman–Crippen MR) is 117 cm³/mol. The molecule has 2 fully saturated rings. The van der Waals surface area contributed by atoms with Crippen molar-refractivity contribution in [3.63, 3.8) is 0 Å². The third-order valence-corrected chi connectivity index (χ3v) is 6.51. The molecule has 0 radical (unpaired) electrons. The van der Waals surface area contributed by atoms with Gasteiger partial charge in [-0.1, -0.05) is 42.5 Å². The molecule has 0 atom stereocenters. The lowest BCUT2D eigenvalue weighted by Gasteiger charge is -2.42. The van der Waals surface area contributed by atoms with Crippen molar-refractivity contribution in [2.24, 2.45) is 5.73 Å². The number of urea groups is 1. The van der Waals surface area contributed by atoms with Gasteiger partial charge in [0.15, 0.2) is 11.6 Å². The average molecular weight is 456 g/mol. The summed E-state index contributed by atoms with van der Waals surface area (Å²) in [5.74, 6) is -2.94. The Morgan fingerprint density at radius 2 is 1.70 bits per heavy atom. The van der Waals surface area contributed by atoms with E-state index in [2.05, 4.69) is 0 Å². The predicted octanol–water partition coefficient (Wildman–Crippen LogP) is 2.29. The van der Waals surface area contributed by atoms with Crippen molar-refractivity contribution in [1.82, 2.24) is 14.7 Å². The fraction of sp³-hybridized carbons (Fsp3) is 0.375. The number of hydrogen-bond acceptors (Lipinski definition) is 4. The van der Waals surface area contributed by atoms with Gasteiger partial charge in [-0.2, -0.15) is 0 Å². The van der Waals surface area contributed by atoms with Crippen LogP contribution in [0.4, 0.5) is 13.6 Å². The molecule has 2 aliphatic heterocycles. The minimum Gasteiger partial charge on any atom is -0.368 e. The first kappa shape index (κ1) is 22.8. The van der Waals surface area contributed by atoms with Crippen LogP contribution in [0, 0.1) is 11.6 Å². The van der Waals surface area contributed by atoms with Gasteiger partial charge in [0.25, 0.3) is 5.91 Å². The third kappa shape index (κ3) is 4.45. The molecule has 7 nitrogen and oxygen atoms in total. The second-order valence-corrected chi connectivity index (χ2v) is 8.55. The van der Waals surface area contributed by atoms with Crippen LogP contribution >= 0.6 is 0 Å². The van der Waals surface area contributed by atoms with Gasteiger partial charge in [-0.3, -0.25) is 19.4 Å². The van der Waals surface area contributed by atoms with Gasteiger partial charge in [-0.05, 0) is 30.9 Å². The number of carbonyl (C=O) groups excluding carboxylic acids is 3. The Kier molecular flexibility index (Phi) is 6.42. The molecule has 33 heavy (non-hydrogen) atoms. The SMILES string of the molecule is NC(=O)CN1C(=O)N(CCc2ccccc2)C2(CCN(Cc3cccc(F)c3F)CC2)C1=O. The molecule has 0 bridgehead atoms. The molecular weight excluding hydrogens is 430 g/mol. The molecule has 2 saturated heterocycles. The highest BCUT2D eigenvalue weighted by Crippen LogP contribution is 2.37. The molecule has 0 aliphatic carbocycles. The number of carbonyl (C=O) groups is 3. The van der Waals surface area contributed by atoms with Crippen LogP contribution in [0.3, 0.4) is 0 Å². The van der Waals surface area contributed by atoms with Crippen molar-refractivity contribution < 1.29 is 23.2 Å². The minimum absolute atomic E-state index is 0.205. The monoisotopic (exact) mass is 456 g/mol. The van der Waals surface area contributed by atoms with Crippen molar-refractivity contribution >= 4 is 17.8 Å². The summed E-state index contributed by atoms with van der Waals surface area (Å²) in [6.45, 7) is 0.904. The summed E-state index contributed by atoms with van der Waals surface area (Å²) in [4.78, 5) is 42.4. The maximum Gasteiger partial charge on any atom is 0.328 e. The van der Waals surface area contributed by atoms with Crippen LogP contribution in [0.2, 0.25) is 0 Å². The summed E-state index contributed by atoms with van der Waals surface area (Å²) in [5, 5.41) is 0. The van der Waals surface area contributed by atoms with Crippen molar-refractivity contribution in [3.8, 4) is 0 Å². The van der Waals surface area contributed by atoms with E-state index in [0.717, 1.165) is 16.5 Å². The van der Waals surface area contributed by atoms with E-state index in [0.29, 0.717) is 38.9 Å². The number of piperidine rings is 1. The molecule has 2 aliphatic rings. The fourth-order valence-electron chi connectivity index (χ4n) is 4.75. The minimum atomic E-state index is -1.07. The molecular formula is C24H26F2N4O3. The molecule has 174 valence electrons. The number of amides is 4. The van der Waals surface area contributed by atoms with Crippen molar-refractivity contribution in [3.05, 3.63) is 71.3 Å². The zero-order chi connectivity index (χ0) is 23.6. The van der Waals surface area contributed by atoms with E-state index in [1.165, 1.54) is 12.1 Å². The van der Waals surface area contributed by atoms with E-state index in [4.69, 9.17) is 5.73 Å². The molecule has 0 unspecified atom stereocenters. The van der Waals surface area contributed by atoms with E-state index >= 15 is 0 Å². The normalized spacial score (nSPS) is 18.4. The highest BCUT2D eigenvalue weighted by Gasteiger charge is 2.57. The van der Waals surface area contributed by atoms with Crippen LogP contribution in [-0.2, 0) is 22.6 Å². The van der Waals surface area contributed by atoms with Crippen LogP contribution in [-0.4, -0.2) is 64.3 Å². The summed E-state index contributed by atoms with van der Waals surface area (Å²) < 4.78 is 27.7. The lowest BCUT2D eigenvalue weighted by Crippen LogP contribution is -2.56. The first-order valence-corrected chi connectivity index (χ1v) is 10.9. The number of primary amides is 1. The van der Waals surface area contributed by atoms with Crippen LogP contribution in [0.5, 0.6) is 0 Å². The lowest BCUT2D eigenvalue weighted by molar-refractivity contribution is -0.137. The average Bonchev–Trinajstić information content (AvgIpc) is 2.98. The van der Waals surface area contributed by atoms with Crippen LogP contribution in [0.1, 0.15) is 24.0 Å². The molecule has 0 aromatic heterocycles. The first-order valence-electron chi connectivity index (χ1n) is 10.9. The molecule has 4 rings (SSSR count). The summed E-state index contributed by atoms with van der Waals surface area (Å²) >= 11 is 0. The van der Waals surface area contributed by atoms with Crippen LogP contribution in [0.25, 0.3) is 0 Å². The molecule has 2 aromatic rings. The second kappa shape index (κ2) is 9.27. The Hall–Kier alpha value is -3.33. The topological polar surface area (TPSA) is 86.9 Å². The highest BCUT2D eigenvalue weighted by molar-refractivity contribution is 6.09. The molecule has 2 heterocycles. The number of rotatable bonds is 7. The van der Waals surface area contributed by atoms with Gasteiger partial charge in [0.05, 0.1) is 0 Å². The summed E-state index contributed by atoms with van der Waals surface area (Å²) in [7, 11) is 0. The number of nitrogens with zero attached hydrogens (tertiary/aromatic N) is 3. The Bertz CT molecular complexity index is 1050. The largest absolute Gasteiger partial charge is 0.368 e. The van der Waals surface area contributed by atoms with Crippen molar-refractivity contribution in [2.75, 3.05) is 26.2 Å². The molecule has 9 heteroatoms. The van der Waals surface area contributed by atoms with Crippen molar-refractivity contribution in [1.29, 1.82) is 0 Å². The number of benzene rings is 2. The zero-order valence-electron chi connectivity index (χ0n) is 18.2. The smallest absolute Gasteiger partial charge is 0.328 e. The van der Waals surface area contributed by atoms with Gasteiger partial charge in [0.1, 0.15) is 12.1 Å².